The molecule has 4 heteroatoms. The van der Waals surface area contributed by atoms with Gasteiger partial charge in [-0.15, -0.1) is 23.1 Å². The van der Waals surface area contributed by atoms with Gasteiger partial charge in [-0.05, 0) is 25.0 Å². The molecule has 1 nitrogen and oxygen atoms in total. The van der Waals surface area contributed by atoms with Crippen LogP contribution in [0, 0.1) is 0 Å². The molecule has 1 aliphatic rings. The fourth-order valence-electron chi connectivity index (χ4n) is 2.26. The number of carbonyl (C=O) groups excluding carboxylic acids is 1. The maximum Gasteiger partial charge on any atom is 0.182 e. The molecule has 19 heavy (non-hydrogen) atoms. The summed E-state index contributed by atoms with van der Waals surface area (Å²) in [6.07, 6.45) is 6.68. The van der Waals surface area contributed by atoms with Crippen LogP contribution < -0.4 is 0 Å². The first-order chi connectivity index (χ1) is 9.15. The standard InChI is InChI=1S/C15H22OS3/c1-11(2)18-15-9-8-14(19-15)13(16)10-17-12-6-4-3-5-7-12/h8-9,11-12H,3-7,10H2,1-2H3. The Morgan fingerprint density at radius 2 is 2.05 bits per heavy atom. The van der Waals surface area contributed by atoms with Crippen LogP contribution in [0.2, 0.25) is 0 Å². The highest BCUT2D eigenvalue weighted by Gasteiger charge is 2.17. The lowest BCUT2D eigenvalue weighted by Crippen LogP contribution is -2.11. The molecule has 1 aromatic rings. The SMILES string of the molecule is CC(C)Sc1ccc(C(=O)CSC2CCCCC2)s1. The Morgan fingerprint density at radius 1 is 1.32 bits per heavy atom. The summed E-state index contributed by atoms with van der Waals surface area (Å²) >= 11 is 5.37. The molecule has 0 aromatic carbocycles. The van der Waals surface area contributed by atoms with Crippen LogP contribution in [-0.4, -0.2) is 22.0 Å². The number of Topliss-reactive ketones (excluding diaryl/α,β-unsaturated/α-hetero) is 1. The molecule has 0 saturated heterocycles. The highest BCUT2D eigenvalue weighted by Crippen LogP contribution is 2.32. The Hall–Kier alpha value is 0.0700. The van der Waals surface area contributed by atoms with Gasteiger partial charge in [0.15, 0.2) is 5.78 Å². The molecule has 0 atom stereocenters. The van der Waals surface area contributed by atoms with E-state index < -0.39 is 0 Å². The van der Waals surface area contributed by atoms with Gasteiger partial charge in [0.25, 0.3) is 0 Å². The van der Waals surface area contributed by atoms with E-state index in [0.29, 0.717) is 16.8 Å². The zero-order valence-corrected chi connectivity index (χ0v) is 14.1. The molecule has 1 saturated carbocycles. The molecule has 0 aliphatic heterocycles. The number of thiophene rings is 1. The fourth-order valence-corrected chi connectivity index (χ4v) is 5.89. The molecule has 0 radical (unpaired) electrons. The van der Waals surface area contributed by atoms with Crippen LogP contribution in [0.4, 0.5) is 0 Å². The molecule has 1 aromatic heterocycles. The van der Waals surface area contributed by atoms with Gasteiger partial charge in [0.05, 0.1) is 14.8 Å². The second-order valence-corrected chi connectivity index (χ2v) is 9.53. The first-order valence-electron chi connectivity index (χ1n) is 7.06. The topological polar surface area (TPSA) is 17.1 Å². The van der Waals surface area contributed by atoms with Crippen molar-refractivity contribution in [1.82, 2.24) is 0 Å². The van der Waals surface area contributed by atoms with Crippen molar-refractivity contribution in [3.05, 3.63) is 17.0 Å². The zero-order chi connectivity index (χ0) is 13.7. The van der Waals surface area contributed by atoms with Crippen LogP contribution in [0.3, 0.4) is 0 Å². The minimum absolute atomic E-state index is 0.316. The molecule has 106 valence electrons. The Labute approximate surface area is 128 Å². The smallest absolute Gasteiger partial charge is 0.182 e. The summed E-state index contributed by atoms with van der Waals surface area (Å²) < 4.78 is 1.26. The molecular weight excluding hydrogens is 292 g/mol. The number of hydrogen-bond donors (Lipinski definition) is 0. The second-order valence-electron chi connectivity index (χ2n) is 5.28. The van der Waals surface area contributed by atoms with E-state index in [1.54, 1.807) is 11.3 Å². The number of hydrogen-bond acceptors (Lipinski definition) is 4. The third kappa shape index (κ3) is 5.16. The van der Waals surface area contributed by atoms with Gasteiger partial charge in [0, 0.05) is 10.5 Å². The molecule has 1 heterocycles. The van der Waals surface area contributed by atoms with E-state index >= 15 is 0 Å². The average molecular weight is 315 g/mol. The van der Waals surface area contributed by atoms with Gasteiger partial charge in [-0.2, -0.15) is 11.8 Å². The average Bonchev–Trinajstić information content (AvgIpc) is 2.85. The van der Waals surface area contributed by atoms with Gasteiger partial charge in [0.1, 0.15) is 0 Å². The Bertz CT molecular complexity index is 405. The van der Waals surface area contributed by atoms with Crippen molar-refractivity contribution in [2.45, 2.75) is 60.7 Å². The summed E-state index contributed by atoms with van der Waals surface area (Å²) in [5.41, 5.74) is 0. The normalized spacial score (nSPS) is 17.0. The van der Waals surface area contributed by atoms with Gasteiger partial charge in [-0.1, -0.05) is 33.1 Å². The molecule has 0 N–H and O–H groups in total. The number of thioether (sulfide) groups is 2. The maximum absolute atomic E-state index is 12.2. The van der Waals surface area contributed by atoms with Crippen LogP contribution in [0.5, 0.6) is 0 Å². The third-order valence-corrected chi connectivity index (χ3v) is 6.88. The Kier molecular flexibility index (Phi) is 6.30. The summed E-state index contributed by atoms with van der Waals surface area (Å²) in [4.78, 5) is 13.1. The van der Waals surface area contributed by atoms with E-state index in [9.17, 15) is 4.79 Å². The number of ketones is 1. The Morgan fingerprint density at radius 3 is 2.74 bits per heavy atom. The van der Waals surface area contributed by atoms with Gasteiger partial charge in [-0.25, -0.2) is 0 Å². The third-order valence-electron chi connectivity index (χ3n) is 3.21. The zero-order valence-electron chi connectivity index (χ0n) is 11.7. The highest BCUT2D eigenvalue weighted by molar-refractivity contribution is 8.01. The fraction of sp³-hybridized carbons (Fsp3) is 0.667. The summed E-state index contributed by atoms with van der Waals surface area (Å²) in [5, 5.41) is 1.31. The molecule has 0 unspecified atom stereocenters. The van der Waals surface area contributed by atoms with E-state index in [1.165, 1.54) is 36.3 Å². The van der Waals surface area contributed by atoms with E-state index in [0.717, 1.165) is 10.1 Å². The van der Waals surface area contributed by atoms with Gasteiger partial charge >= 0.3 is 0 Å². The monoisotopic (exact) mass is 314 g/mol. The summed E-state index contributed by atoms with van der Waals surface area (Å²) in [7, 11) is 0. The quantitative estimate of drug-likeness (QED) is 0.510. The molecule has 1 aliphatic carbocycles. The molecule has 0 spiro atoms. The van der Waals surface area contributed by atoms with Gasteiger partial charge in [0.2, 0.25) is 0 Å². The van der Waals surface area contributed by atoms with E-state index in [1.807, 2.05) is 29.6 Å². The number of carbonyl (C=O) groups is 1. The van der Waals surface area contributed by atoms with E-state index in [-0.39, 0.29) is 0 Å². The van der Waals surface area contributed by atoms with Crippen molar-refractivity contribution in [1.29, 1.82) is 0 Å². The van der Waals surface area contributed by atoms with Crippen LogP contribution in [0.1, 0.15) is 55.6 Å². The Balaban J connectivity index is 1.80. The van der Waals surface area contributed by atoms with Crippen molar-refractivity contribution >= 4 is 40.6 Å². The molecule has 2 rings (SSSR count). The van der Waals surface area contributed by atoms with Crippen LogP contribution in [-0.2, 0) is 0 Å². The predicted molar refractivity (Wildman–Crippen MR) is 89.0 cm³/mol. The van der Waals surface area contributed by atoms with Crippen LogP contribution in [0.25, 0.3) is 0 Å². The summed E-state index contributed by atoms with van der Waals surface area (Å²) in [5.74, 6) is 0.980. The summed E-state index contributed by atoms with van der Waals surface area (Å²) in [6.45, 7) is 4.37. The first kappa shape index (κ1) is 15.5. The van der Waals surface area contributed by atoms with Gasteiger partial charge < -0.3 is 0 Å². The lowest BCUT2D eigenvalue weighted by atomic mass is 10.0. The van der Waals surface area contributed by atoms with E-state index in [2.05, 4.69) is 19.9 Å². The van der Waals surface area contributed by atoms with Crippen molar-refractivity contribution in [3.63, 3.8) is 0 Å². The van der Waals surface area contributed by atoms with Gasteiger partial charge in [-0.3, -0.25) is 4.79 Å². The largest absolute Gasteiger partial charge is 0.292 e. The maximum atomic E-state index is 12.2. The van der Waals surface area contributed by atoms with Crippen molar-refractivity contribution in [2.24, 2.45) is 0 Å². The summed E-state index contributed by atoms with van der Waals surface area (Å²) in [6, 6.07) is 4.09. The van der Waals surface area contributed by atoms with E-state index in [4.69, 9.17) is 0 Å². The van der Waals surface area contributed by atoms with Crippen molar-refractivity contribution < 1.29 is 4.79 Å². The first-order valence-corrected chi connectivity index (χ1v) is 9.81. The van der Waals surface area contributed by atoms with Crippen LogP contribution >= 0.6 is 34.9 Å². The van der Waals surface area contributed by atoms with Crippen LogP contribution in [0.15, 0.2) is 16.3 Å². The van der Waals surface area contributed by atoms with Crippen molar-refractivity contribution in [3.8, 4) is 0 Å². The minimum Gasteiger partial charge on any atom is -0.292 e. The second kappa shape index (κ2) is 7.75. The molecule has 1 fully saturated rings. The highest BCUT2D eigenvalue weighted by atomic mass is 32.2. The minimum atomic E-state index is 0.316. The molecule has 0 bridgehead atoms. The predicted octanol–water partition coefficient (Wildman–Crippen LogP) is 5.50. The lowest BCUT2D eigenvalue weighted by Gasteiger charge is -2.20. The van der Waals surface area contributed by atoms with Crippen molar-refractivity contribution in [2.75, 3.05) is 5.75 Å². The lowest BCUT2D eigenvalue weighted by molar-refractivity contribution is 0.102. The number of rotatable bonds is 6. The molecule has 0 amide bonds. The molecular formula is C15H22OS3.